The van der Waals surface area contributed by atoms with E-state index in [1.807, 2.05) is 0 Å². The summed E-state index contributed by atoms with van der Waals surface area (Å²) in [6.45, 7) is 0. The first-order valence-corrected chi connectivity index (χ1v) is 9.08. The molecule has 0 unspecified atom stereocenters. The summed E-state index contributed by atoms with van der Waals surface area (Å²) in [5, 5.41) is 3.15. The maximum Gasteiger partial charge on any atom is 0.255 e. The smallest absolute Gasteiger partial charge is 0.255 e. The van der Waals surface area contributed by atoms with Crippen LogP contribution < -0.4 is 9.62 Å². The van der Waals surface area contributed by atoms with E-state index in [0.29, 0.717) is 10.7 Å². The SMILES string of the molecule is O=C(Nc1cccc(Cl)c1)c1cccc(N2C(=O)CCS2(=O)=O)c1. The molecule has 0 spiro atoms. The first-order valence-electron chi connectivity index (χ1n) is 7.10. The van der Waals surface area contributed by atoms with Gasteiger partial charge in [-0.3, -0.25) is 9.59 Å². The second-order valence-corrected chi connectivity index (χ2v) is 7.61. The van der Waals surface area contributed by atoms with Crippen LogP contribution in [0.5, 0.6) is 0 Å². The fourth-order valence-corrected chi connectivity index (χ4v) is 4.05. The van der Waals surface area contributed by atoms with Crippen molar-refractivity contribution < 1.29 is 18.0 Å². The number of hydrogen-bond acceptors (Lipinski definition) is 4. The van der Waals surface area contributed by atoms with Crippen LogP contribution in [0.25, 0.3) is 0 Å². The van der Waals surface area contributed by atoms with Crippen LogP contribution in [0.3, 0.4) is 0 Å². The molecule has 0 aliphatic carbocycles. The number of sulfonamides is 1. The molecule has 1 aliphatic heterocycles. The molecule has 24 heavy (non-hydrogen) atoms. The molecule has 6 nitrogen and oxygen atoms in total. The Hall–Kier alpha value is -2.38. The predicted molar refractivity (Wildman–Crippen MR) is 91.7 cm³/mol. The highest BCUT2D eigenvalue weighted by molar-refractivity contribution is 7.94. The summed E-state index contributed by atoms with van der Waals surface area (Å²) < 4.78 is 24.7. The quantitative estimate of drug-likeness (QED) is 0.907. The molecule has 124 valence electrons. The number of carbonyl (C=O) groups excluding carboxylic acids is 2. The summed E-state index contributed by atoms with van der Waals surface area (Å²) in [5.74, 6) is -1.14. The van der Waals surface area contributed by atoms with Gasteiger partial charge in [-0.25, -0.2) is 12.7 Å². The van der Waals surface area contributed by atoms with Gasteiger partial charge in [0.1, 0.15) is 0 Å². The number of carbonyl (C=O) groups is 2. The number of nitrogens with zero attached hydrogens (tertiary/aromatic N) is 1. The molecule has 0 aromatic heterocycles. The van der Waals surface area contributed by atoms with Crippen molar-refractivity contribution in [2.24, 2.45) is 0 Å². The van der Waals surface area contributed by atoms with Gasteiger partial charge in [-0.15, -0.1) is 0 Å². The Bertz CT molecular complexity index is 927. The molecule has 1 N–H and O–H groups in total. The number of benzene rings is 2. The standard InChI is InChI=1S/C16H13ClN2O4S/c17-12-4-2-5-13(10-12)18-16(21)11-3-1-6-14(9-11)19-15(20)7-8-24(19,22)23/h1-6,9-10H,7-8H2,(H,18,21). The zero-order valence-corrected chi connectivity index (χ0v) is 14.0. The molecule has 8 heteroatoms. The fourth-order valence-electron chi connectivity index (χ4n) is 2.41. The van der Waals surface area contributed by atoms with Gasteiger partial charge in [0.15, 0.2) is 0 Å². The van der Waals surface area contributed by atoms with Crippen LogP contribution in [0, 0.1) is 0 Å². The molecule has 1 saturated heterocycles. The second kappa shape index (κ2) is 6.26. The van der Waals surface area contributed by atoms with Crippen molar-refractivity contribution in [3.8, 4) is 0 Å². The molecule has 1 fully saturated rings. The van der Waals surface area contributed by atoms with Crippen LogP contribution in [0.4, 0.5) is 11.4 Å². The second-order valence-electron chi connectivity index (χ2n) is 5.24. The number of halogens is 1. The van der Waals surface area contributed by atoms with Crippen molar-refractivity contribution in [1.29, 1.82) is 0 Å². The average Bonchev–Trinajstić information content (AvgIpc) is 2.80. The van der Waals surface area contributed by atoms with Gasteiger partial charge in [-0.1, -0.05) is 23.7 Å². The summed E-state index contributed by atoms with van der Waals surface area (Å²) in [6.07, 6.45) is -0.0543. The Morgan fingerprint density at radius 1 is 1.12 bits per heavy atom. The lowest BCUT2D eigenvalue weighted by molar-refractivity contribution is -0.116. The lowest BCUT2D eigenvalue weighted by atomic mass is 10.1. The molecule has 1 heterocycles. The summed E-state index contributed by atoms with van der Waals surface area (Å²) >= 11 is 5.87. The average molecular weight is 365 g/mol. The van der Waals surface area contributed by atoms with E-state index < -0.39 is 21.8 Å². The minimum absolute atomic E-state index is 0.0543. The van der Waals surface area contributed by atoms with E-state index >= 15 is 0 Å². The van der Waals surface area contributed by atoms with Crippen molar-refractivity contribution in [2.75, 3.05) is 15.4 Å². The first-order chi connectivity index (χ1) is 11.4. The van der Waals surface area contributed by atoms with E-state index in [1.54, 1.807) is 24.3 Å². The van der Waals surface area contributed by atoms with Crippen molar-refractivity contribution in [3.05, 3.63) is 59.1 Å². The highest BCUT2D eigenvalue weighted by Gasteiger charge is 2.36. The van der Waals surface area contributed by atoms with Crippen LogP contribution in [0.15, 0.2) is 48.5 Å². The van der Waals surface area contributed by atoms with Gasteiger partial charge in [0.2, 0.25) is 15.9 Å². The van der Waals surface area contributed by atoms with E-state index in [2.05, 4.69) is 5.32 Å². The van der Waals surface area contributed by atoms with E-state index in [0.717, 1.165) is 4.31 Å². The van der Waals surface area contributed by atoms with Crippen LogP contribution in [-0.2, 0) is 14.8 Å². The van der Waals surface area contributed by atoms with Crippen LogP contribution in [0.1, 0.15) is 16.8 Å². The molecule has 0 radical (unpaired) electrons. The minimum Gasteiger partial charge on any atom is -0.322 e. The van der Waals surface area contributed by atoms with E-state index in [9.17, 15) is 18.0 Å². The lowest BCUT2D eigenvalue weighted by Gasteiger charge is -2.15. The number of amides is 2. The molecule has 1 aliphatic rings. The third-order valence-corrected chi connectivity index (χ3v) is 5.43. The van der Waals surface area contributed by atoms with Crippen LogP contribution in [0.2, 0.25) is 5.02 Å². The summed E-state index contributed by atoms with van der Waals surface area (Å²) in [4.78, 5) is 24.2. The maximum absolute atomic E-state index is 12.3. The number of rotatable bonds is 3. The third-order valence-electron chi connectivity index (χ3n) is 3.50. The van der Waals surface area contributed by atoms with Crippen LogP contribution in [-0.4, -0.2) is 26.0 Å². The van der Waals surface area contributed by atoms with Crippen molar-refractivity contribution >= 4 is 44.8 Å². The molecular weight excluding hydrogens is 352 g/mol. The zero-order chi connectivity index (χ0) is 17.3. The highest BCUT2D eigenvalue weighted by Crippen LogP contribution is 2.26. The van der Waals surface area contributed by atoms with Gasteiger partial charge < -0.3 is 5.32 Å². The molecule has 3 rings (SSSR count). The Morgan fingerprint density at radius 3 is 2.54 bits per heavy atom. The largest absolute Gasteiger partial charge is 0.322 e. The van der Waals surface area contributed by atoms with Crippen LogP contribution >= 0.6 is 11.6 Å². The summed E-state index contributed by atoms with van der Waals surface area (Å²) in [6, 6.07) is 12.6. The fraction of sp³-hybridized carbons (Fsp3) is 0.125. The predicted octanol–water partition coefficient (Wildman–Crippen LogP) is 2.66. The van der Waals surface area contributed by atoms with Gasteiger partial charge in [0.25, 0.3) is 5.91 Å². The highest BCUT2D eigenvalue weighted by atomic mass is 35.5. The zero-order valence-electron chi connectivity index (χ0n) is 12.4. The van der Waals surface area contributed by atoms with Gasteiger partial charge in [-0.2, -0.15) is 0 Å². The van der Waals surface area contributed by atoms with Gasteiger partial charge in [0, 0.05) is 22.7 Å². The van der Waals surface area contributed by atoms with E-state index in [1.165, 1.54) is 24.3 Å². The number of hydrogen-bond donors (Lipinski definition) is 1. The normalized spacial score (nSPS) is 16.2. The summed E-state index contributed by atoms with van der Waals surface area (Å²) in [5.41, 5.74) is 0.918. The Morgan fingerprint density at radius 2 is 1.88 bits per heavy atom. The molecule has 2 aromatic carbocycles. The third kappa shape index (κ3) is 3.27. The number of anilines is 2. The van der Waals surface area contributed by atoms with E-state index in [4.69, 9.17) is 11.6 Å². The lowest BCUT2D eigenvalue weighted by Crippen LogP contribution is -2.29. The topological polar surface area (TPSA) is 83.6 Å². The maximum atomic E-state index is 12.3. The number of nitrogens with one attached hydrogen (secondary N) is 1. The minimum atomic E-state index is -3.66. The molecular formula is C16H13ClN2O4S. The van der Waals surface area contributed by atoms with Crippen molar-refractivity contribution in [3.63, 3.8) is 0 Å². The molecule has 0 atom stereocenters. The molecule has 0 bridgehead atoms. The van der Waals surface area contributed by atoms with Crippen molar-refractivity contribution in [2.45, 2.75) is 6.42 Å². The Balaban J connectivity index is 1.88. The monoisotopic (exact) mass is 364 g/mol. The van der Waals surface area contributed by atoms with Gasteiger partial charge in [0.05, 0.1) is 11.4 Å². The van der Waals surface area contributed by atoms with Gasteiger partial charge >= 0.3 is 0 Å². The van der Waals surface area contributed by atoms with E-state index in [-0.39, 0.29) is 23.4 Å². The molecule has 2 aromatic rings. The van der Waals surface area contributed by atoms with Crippen molar-refractivity contribution in [1.82, 2.24) is 0 Å². The van der Waals surface area contributed by atoms with Gasteiger partial charge in [-0.05, 0) is 36.4 Å². The Labute approximate surface area is 144 Å². The summed E-state index contributed by atoms with van der Waals surface area (Å²) in [7, 11) is -3.66. The Kier molecular flexibility index (Phi) is 4.29. The molecule has 2 amide bonds. The molecule has 0 saturated carbocycles. The first kappa shape index (κ1) is 16.5.